The summed E-state index contributed by atoms with van der Waals surface area (Å²) in [4.78, 5) is 12.6. The Morgan fingerprint density at radius 1 is 1.33 bits per heavy atom. The molecule has 0 saturated heterocycles. The van der Waals surface area contributed by atoms with E-state index in [9.17, 15) is 4.79 Å². The number of hydrogen-bond donors (Lipinski definition) is 1. The molecule has 114 valence electrons. The van der Waals surface area contributed by atoms with Gasteiger partial charge in [-0.05, 0) is 28.7 Å². The van der Waals surface area contributed by atoms with Gasteiger partial charge in [-0.25, -0.2) is 4.68 Å². The van der Waals surface area contributed by atoms with Gasteiger partial charge in [0.15, 0.2) is 5.78 Å². The van der Waals surface area contributed by atoms with Crippen LogP contribution in [0.15, 0.2) is 11.3 Å². The van der Waals surface area contributed by atoms with Crippen LogP contribution in [0.2, 0.25) is 0 Å². The van der Waals surface area contributed by atoms with Crippen molar-refractivity contribution in [2.24, 2.45) is 5.41 Å². The van der Waals surface area contributed by atoms with E-state index in [0.717, 1.165) is 30.5 Å². The van der Waals surface area contributed by atoms with Gasteiger partial charge in [0.2, 0.25) is 5.95 Å². The smallest absolute Gasteiger partial charge is 0.247 e. The van der Waals surface area contributed by atoms with Crippen LogP contribution in [0.3, 0.4) is 0 Å². The van der Waals surface area contributed by atoms with Gasteiger partial charge in [0.25, 0.3) is 0 Å². The number of tetrazole rings is 1. The molecule has 1 aromatic rings. The van der Waals surface area contributed by atoms with Crippen LogP contribution >= 0.6 is 0 Å². The fraction of sp³-hybridized carbons (Fsp3) is 0.733. The molecule has 1 unspecified atom stereocenters. The van der Waals surface area contributed by atoms with Crippen molar-refractivity contribution in [3.8, 4) is 0 Å². The summed E-state index contributed by atoms with van der Waals surface area (Å²) in [5.74, 6) is 0.914. The second kappa shape index (κ2) is 5.24. The third-order valence-electron chi connectivity index (χ3n) is 4.39. The lowest BCUT2D eigenvalue weighted by Crippen LogP contribution is -2.36. The number of hydrogen-bond acceptors (Lipinski definition) is 5. The Labute approximate surface area is 125 Å². The SMILES string of the molecule is CCCCCC1C2=C(CC(C)(C)CC2=O)Nc2nnnn21. The summed E-state index contributed by atoms with van der Waals surface area (Å²) in [7, 11) is 0. The van der Waals surface area contributed by atoms with Gasteiger partial charge < -0.3 is 5.32 Å². The third-order valence-corrected chi connectivity index (χ3v) is 4.39. The minimum Gasteiger partial charge on any atom is -0.326 e. The van der Waals surface area contributed by atoms with Crippen LogP contribution in [0.25, 0.3) is 0 Å². The molecule has 2 heterocycles. The lowest BCUT2D eigenvalue weighted by molar-refractivity contribution is -0.118. The zero-order valence-electron chi connectivity index (χ0n) is 13.0. The summed E-state index contributed by atoms with van der Waals surface area (Å²) in [6, 6.07) is 0.00130. The van der Waals surface area contributed by atoms with Crippen LogP contribution in [0, 0.1) is 5.41 Å². The van der Waals surface area contributed by atoms with Crippen molar-refractivity contribution in [3.63, 3.8) is 0 Å². The second-order valence-electron chi connectivity index (χ2n) is 6.92. The molecule has 6 nitrogen and oxygen atoms in total. The van der Waals surface area contributed by atoms with Gasteiger partial charge in [0, 0.05) is 17.7 Å². The van der Waals surface area contributed by atoms with Crippen LogP contribution in [0.1, 0.15) is 65.3 Å². The highest BCUT2D eigenvalue weighted by molar-refractivity contribution is 5.99. The van der Waals surface area contributed by atoms with E-state index in [1.165, 1.54) is 12.8 Å². The number of carbonyl (C=O) groups excluding carboxylic acids is 1. The Bertz CT molecular complexity index is 587. The van der Waals surface area contributed by atoms with Gasteiger partial charge in [-0.3, -0.25) is 4.79 Å². The summed E-state index contributed by atoms with van der Waals surface area (Å²) in [5, 5.41) is 15.2. The minimum atomic E-state index is 0.00130. The van der Waals surface area contributed by atoms with Crippen molar-refractivity contribution < 1.29 is 4.79 Å². The molecule has 1 aromatic heterocycles. The summed E-state index contributed by atoms with van der Waals surface area (Å²) in [6.07, 6.45) is 5.84. The van der Waals surface area contributed by atoms with Gasteiger partial charge in [0.05, 0.1) is 6.04 Å². The van der Waals surface area contributed by atoms with Crippen molar-refractivity contribution in [2.45, 2.75) is 65.3 Å². The standard InChI is InChI=1S/C15H23N5O/c1-4-5-6-7-11-13-10(8-15(2,3)9-12(13)21)16-14-17-18-19-20(11)14/h11H,4-9H2,1-3H3,(H,16,17,19). The number of fused-ring (bicyclic) bond motifs is 1. The molecule has 21 heavy (non-hydrogen) atoms. The number of unbranched alkanes of at least 4 members (excludes halogenated alkanes) is 2. The van der Waals surface area contributed by atoms with Crippen LogP contribution in [0.4, 0.5) is 5.95 Å². The maximum absolute atomic E-state index is 12.6. The number of rotatable bonds is 4. The van der Waals surface area contributed by atoms with E-state index in [1.807, 2.05) is 0 Å². The molecule has 0 radical (unpaired) electrons. The Hall–Kier alpha value is -1.72. The molecular formula is C15H23N5O. The Balaban J connectivity index is 1.95. The van der Waals surface area contributed by atoms with Crippen molar-refractivity contribution in [2.75, 3.05) is 5.32 Å². The fourth-order valence-corrected chi connectivity index (χ4v) is 3.43. The molecule has 1 aliphatic carbocycles. The van der Waals surface area contributed by atoms with Crippen LogP contribution in [0.5, 0.6) is 0 Å². The van der Waals surface area contributed by atoms with E-state index in [2.05, 4.69) is 41.6 Å². The lowest BCUT2D eigenvalue weighted by atomic mass is 9.73. The van der Waals surface area contributed by atoms with E-state index in [4.69, 9.17) is 0 Å². The Morgan fingerprint density at radius 3 is 2.90 bits per heavy atom. The lowest BCUT2D eigenvalue weighted by Gasteiger charge is -2.37. The molecule has 1 atom stereocenters. The van der Waals surface area contributed by atoms with Crippen molar-refractivity contribution in [3.05, 3.63) is 11.3 Å². The quantitative estimate of drug-likeness (QED) is 0.863. The predicted octanol–water partition coefficient (Wildman–Crippen LogP) is 2.86. The number of nitrogens with one attached hydrogen (secondary N) is 1. The second-order valence-corrected chi connectivity index (χ2v) is 6.92. The number of allylic oxidation sites excluding steroid dienone is 2. The van der Waals surface area contributed by atoms with Gasteiger partial charge in [-0.1, -0.05) is 45.1 Å². The molecule has 0 aromatic carbocycles. The largest absolute Gasteiger partial charge is 0.326 e. The van der Waals surface area contributed by atoms with Gasteiger partial charge in [0.1, 0.15) is 0 Å². The highest BCUT2D eigenvalue weighted by Gasteiger charge is 2.40. The van der Waals surface area contributed by atoms with Crippen LogP contribution in [-0.2, 0) is 4.79 Å². The molecule has 0 spiro atoms. The molecule has 6 heteroatoms. The number of ketones is 1. The highest BCUT2D eigenvalue weighted by Crippen LogP contribution is 2.44. The van der Waals surface area contributed by atoms with Crippen LogP contribution < -0.4 is 5.32 Å². The molecule has 0 saturated carbocycles. The highest BCUT2D eigenvalue weighted by atomic mass is 16.1. The number of anilines is 1. The van der Waals surface area contributed by atoms with Crippen molar-refractivity contribution >= 4 is 11.7 Å². The first-order valence-corrected chi connectivity index (χ1v) is 7.83. The first kappa shape index (κ1) is 14.2. The van der Waals surface area contributed by atoms with E-state index in [0.29, 0.717) is 12.4 Å². The summed E-state index contributed by atoms with van der Waals surface area (Å²) >= 11 is 0. The average Bonchev–Trinajstić information content (AvgIpc) is 2.84. The topological polar surface area (TPSA) is 72.7 Å². The van der Waals surface area contributed by atoms with Gasteiger partial charge in [-0.2, -0.15) is 0 Å². The van der Waals surface area contributed by atoms with E-state index in [1.54, 1.807) is 4.68 Å². The first-order valence-electron chi connectivity index (χ1n) is 7.83. The molecule has 1 N–H and O–H groups in total. The number of nitrogens with zero attached hydrogens (tertiary/aromatic N) is 4. The molecule has 0 amide bonds. The normalized spacial score (nSPS) is 23.6. The summed E-state index contributed by atoms with van der Waals surface area (Å²) in [5.41, 5.74) is 1.94. The van der Waals surface area contributed by atoms with Crippen LogP contribution in [-0.4, -0.2) is 26.0 Å². The Morgan fingerprint density at radius 2 is 2.14 bits per heavy atom. The molecule has 0 fully saturated rings. The number of carbonyl (C=O) groups is 1. The van der Waals surface area contributed by atoms with Crippen molar-refractivity contribution in [1.29, 1.82) is 0 Å². The maximum atomic E-state index is 12.6. The monoisotopic (exact) mass is 289 g/mol. The minimum absolute atomic E-state index is 0.00130. The summed E-state index contributed by atoms with van der Waals surface area (Å²) < 4.78 is 1.78. The van der Waals surface area contributed by atoms with Gasteiger partial charge >= 0.3 is 0 Å². The van der Waals surface area contributed by atoms with Crippen molar-refractivity contribution in [1.82, 2.24) is 20.2 Å². The molecule has 0 bridgehead atoms. The third kappa shape index (κ3) is 2.59. The van der Waals surface area contributed by atoms with Gasteiger partial charge in [-0.15, -0.1) is 0 Å². The number of aromatic nitrogens is 4. The van der Waals surface area contributed by atoms with E-state index in [-0.39, 0.29) is 17.2 Å². The molecule has 3 rings (SSSR count). The zero-order valence-corrected chi connectivity index (χ0v) is 13.0. The molecule has 1 aliphatic heterocycles. The van der Waals surface area contributed by atoms with E-state index < -0.39 is 0 Å². The number of Topliss-reactive ketones (excluding diaryl/α,β-unsaturated/α-hetero) is 1. The molecular weight excluding hydrogens is 266 g/mol. The van der Waals surface area contributed by atoms with E-state index >= 15 is 0 Å². The fourth-order valence-electron chi connectivity index (χ4n) is 3.43. The first-order chi connectivity index (χ1) is 10.0. The summed E-state index contributed by atoms with van der Waals surface area (Å²) in [6.45, 7) is 6.46. The molecule has 2 aliphatic rings. The Kier molecular flexibility index (Phi) is 3.55. The average molecular weight is 289 g/mol. The predicted molar refractivity (Wildman–Crippen MR) is 79.7 cm³/mol. The zero-order chi connectivity index (χ0) is 15.0. The maximum Gasteiger partial charge on any atom is 0.247 e.